The molecule has 1 rings (SSSR count). The van der Waals surface area contributed by atoms with Gasteiger partial charge in [0.25, 0.3) is 0 Å². The molecule has 0 radical (unpaired) electrons. The molecule has 3 N–H and O–H groups in total. The number of benzene rings is 1. The molecule has 1 aromatic rings. The molecule has 0 heterocycles. The smallest absolute Gasteiger partial charge is 0.237 e. The number of ether oxygens (including phenoxy) is 1. The second-order valence-corrected chi connectivity index (χ2v) is 5.34. The summed E-state index contributed by atoms with van der Waals surface area (Å²) in [4.78, 5) is 11.6. The molecule has 106 valence electrons. The molecule has 0 saturated heterocycles. The molecule has 0 aliphatic rings. The van der Waals surface area contributed by atoms with Gasteiger partial charge in [-0.05, 0) is 51.3 Å². The fraction of sp³-hybridized carbons (Fsp3) is 0.533. The Kier molecular flexibility index (Phi) is 5.36. The van der Waals surface area contributed by atoms with Crippen molar-refractivity contribution in [1.29, 1.82) is 0 Å². The van der Waals surface area contributed by atoms with Gasteiger partial charge in [-0.2, -0.15) is 0 Å². The third-order valence-corrected chi connectivity index (χ3v) is 3.22. The van der Waals surface area contributed by atoms with Crippen molar-refractivity contribution in [2.24, 2.45) is 5.73 Å². The average molecular weight is 264 g/mol. The van der Waals surface area contributed by atoms with Crippen LogP contribution in [0.4, 0.5) is 0 Å². The molecular weight excluding hydrogens is 240 g/mol. The number of nitrogens with two attached hydrogens (primary N) is 1. The van der Waals surface area contributed by atoms with Crippen molar-refractivity contribution in [2.75, 3.05) is 7.11 Å². The fourth-order valence-electron chi connectivity index (χ4n) is 2.09. The lowest BCUT2D eigenvalue weighted by Crippen LogP contribution is -2.55. The Hall–Kier alpha value is -1.55. The van der Waals surface area contributed by atoms with E-state index in [-0.39, 0.29) is 11.9 Å². The van der Waals surface area contributed by atoms with Gasteiger partial charge in [0.05, 0.1) is 12.6 Å². The number of hydrogen-bond donors (Lipinski definition) is 2. The molecule has 0 saturated carbocycles. The molecule has 1 unspecified atom stereocenters. The minimum absolute atomic E-state index is 0.216. The van der Waals surface area contributed by atoms with Crippen molar-refractivity contribution < 1.29 is 9.53 Å². The number of carbonyl (C=O) groups excluding carboxylic acids is 1. The molecule has 0 fully saturated rings. The Bertz CT molecular complexity index is 415. The van der Waals surface area contributed by atoms with Crippen LogP contribution in [0.15, 0.2) is 24.3 Å². The zero-order chi connectivity index (χ0) is 14.5. The lowest BCUT2D eigenvalue weighted by Gasteiger charge is -2.30. The molecule has 1 amide bonds. The van der Waals surface area contributed by atoms with Gasteiger partial charge in [-0.1, -0.05) is 12.1 Å². The first kappa shape index (κ1) is 15.5. The molecule has 0 aliphatic heterocycles. The van der Waals surface area contributed by atoms with Crippen molar-refractivity contribution in [3.63, 3.8) is 0 Å². The van der Waals surface area contributed by atoms with E-state index in [4.69, 9.17) is 10.5 Å². The van der Waals surface area contributed by atoms with E-state index in [0.29, 0.717) is 6.42 Å². The molecule has 19 heavy (non-hydrogen) atoms. The number of methoxy groups -OCH3 is 1. The van der Waals surface area contributed by atoms with Crippen LogP contribution in [0.2, 0.25) is 0 Å². The van der Waals surface area contributed by atoms with E-state index in [9.17, 15) is 4.79 Å². The standard InChI is InChI=1S/C15H24N2O2/c1-11(2)17-15(3,14(16)18)10-9-12-5-7-13(19-4)8-6-12/h5-8,11,17H,9-10H2,1-4H3,(H2,16,18). The second-order valence-electron chi connectivity index (χ2n) is 5.34. The summed E-state index contributed by atoms with van der Waals surface area (Å²) in [6.07, 6.45) is 1.47. The SMILES string of the molecule is COc1ccc(CCC(C)(NC(C)C)C(N)=O)cc1. The van der Waals surface area contributed by atoms with Crippen molar-refractivity contribution in [3.05, 3.63) is 29.8 Å². The van der Waals surface area contributed by atoms with Gasteiger partial charge >= 0.3 is 0 Å². The lowest BCUT2D eigenvalue weighted by atomic mass is 9.91. The number of nitrogens with one attached hydrogen (secondary N) is 1. The number of hydrogen-bond acceptors (Lipinski definition) is 3. The van der Waals surface area contributed by atoms with Crippen molar-refractivity contribution in [3.8, 4) is 5.75 Å². The quantitative estimate of drug-likeness (QED) is 0.790. The fourth-order valence-corrected chi connectivity index (χ4v) is 2.09. The highest BCUT2D eigenvalue weighted by atomic mass is 16.5. The average Bonchev–Trinajstić information content (AvgIpc) is 2.36. The van der Waals surface area contributed by atoms with E-state index in [1.807, 2.05) is 45.0 Å². The molecule has 1 aromatic carbocycles. The molecule has 4 heteroatoms. The number of rotatable bonds is 7. The maximum absolute atomic E-state index is 11.6. The minimum Gasteiger partial charge on any atom is -0.497 e. The molecule has 0 spiro atoms. The van der Waals surface area contributed by atoms with Crippen LogP contribution in [-0.4, -0.2) is 24.6 Å². The lowest BCUT2D eigenvalue weighted by molar-refractivity contribution is -0.124. The van der Waals surface area contributed by atoms with E-state index in [1.165, 1.54) is 5.56 Å². The minimum atomic E-state index is -0.673. The summed E-state index contributed by atoms with van der Waals surface area (Å²) in [5.41, 5.74) is 6.00. The first-order valence-electron chi connectivity index (χ1n) is 6.58. The van der Waals surface area contributed by atoms with Gasteiger partial charge in [-0.25, -0.2) is 0 Å². The van der Waals surface area contributed by atoms with Crippen molar-refractivity contribution in [2.45, 2.75) is 45.2 Å². The predicted octanol–water partition coefficient (Wildman–Crippen LogP) is 1.87. The van der Waals surface area contributed by atoms with Gasteiger partial charge in [0.2, 0.25) is 5.91 Å². The van der Waals surface area contributed by atoms with Crippen LogP contribution < -0.4 is 15.8 Å². The van der Waals surface area contributed by atoms with Crippen LogP contribution in [0.25, 0.3) is 0 Å². The Morgan fingerprint density at radius 3 is 2.37 bits per heavy atom. The Balaban J connectivity index is 2.67. The summed E-state index contributed by atoms with van der Waals surface area (Å²) in [7, 11) is 1.64. The van der Waals surface area contributed by atoms with Gasteiger partial charge in [0.1, 0.15) is 5.75 Å². The van der Waals surface area contributed by atoms with E-state index in [2.05, 4.69) is 5.32 Å². The topological polar surface area (TPSA) is 64.3 Å². The van der Waals surface area contributed by atoms with E-state index >= 15 is 0 Å². The van der Waals surface area contributed by atoms with E-state index in [0.717, 1.165) is 12.2 Å². The summed E-state index contributed by atoms with van der Waals surface area (Å²) in [6, 6.07) is 8.08. The number of amides is 1. The summed E-state index contributed by atoms with van der Waals surface area (Å²) in [5.74, 6) is 0.524. The van der Waals surface area contributed by atoms with E-state index in [1.54, 1.807) is 7.11 Å². The predicted molar refractivity (Wildman–Crippen MR) is 77.2 cm³/mol. The van der Waals surface area contributed by atoms with Gasteiger partial charge in [0, 0.05) is 6.04 Å². The third-order valence-electron chi connectivity index (χ3n) is 3.22. The number of aryl methyl sites for hydroxylation is 1. The highest BCUT2D eigenvalue weighted by Gasteiger charge is 2.30. The first-order valence-corrected chi connectivity index (χ1v) is 6.58. The summed E-state index contributed by atoms with van der Waals surface area (Å²) in [5, 5.41) is 3.25. The van der Waals surface area contributed by atoms with Gasteiger partial charge in [-0.15, -0.1) is 0 Å². The Morgan fingerprint density at radius 2 is 1.95 bits per heavy atom. The van der Waals surface area contributed by atoms with Crippen molar-refractivity contribution >= 4 is 5.91 Å². The summed E-state index contributed by atoms with van der Waals surface area (Å²) >= 11 is 0. The Morgan fingerprint density at radius 1 is 1.37 bits per heavy atom. The second kappa shape index (κ2) is 6.57. The highest BCUT2D eigenvalue weighted by Crippen LogP contribution is 2.17. The maximum Gasteiger partial charge on any atom is 0.237 e. The van der Waals surface area contributed by atoms with Gasteiger partial charge in [-0.3, -0.25) is 4.79 Å². The molecular formula is C15H24N2O2. The normalized spacial score (nSPS) is 14.2. The number of primary amides is 1. The molecule has 0 aromatic heterocycles. The zero-order valence-electron chi connectivity index (χ0n) is 12.2. The maximum atomic E-state index is 11.6. The summed E-state index contributed by atoms with van der Waals surface area (Å²) in [6.45, 7) is 5.88. The van der Waals surface area contributed by atoms with Crippen LogP contribution in [0.3, 0.4) is 0 Å². The largest absolute Gasteiger partial charge is 0.497 e. The molecule has 0 aliphatic carbocycles. The van der Waals surface area contributed by atoms with E-state index < -0.39 is 5.54 Å². The zero-order valence-corrected chi connectivity index (χ0v) is 12.2. The first-order chi connectivity index (χ1) is 8.87. The molecule has 4 nitrogen and oxygen atoms in total. The Labute approximate surface area is 115 Å². The van der Waals surface area contributed by atoms with Crippen LogP contribution in [-0.2, 0) is 11.2 Å². The van der Waals surface area contributed by atoms with Crippen LogP contribution in [0.1, 0.15) is 32.8 Å². The molecule has 1 atom stereocenters. The summed E-state index contributed by atoms with van der Waals surface area (Å²) < 4.78 is 5.12. The monoisotopic (exact) mass is 264 g/mol. The highest BCUT2D eigenvalue weighted by molar-refractivity contribution is 5.84. The number of carbonyl (C=O) groups is 1. The van der Waals surface area contributed by atoms with Crippen LogP contribution in [0, 0.1) is 0 Å². The van der Waals surface area contributed by atoms with Gasteiger partial charge < -0.3 is 15.8 Å². The molecule has 0 bridgehead atoms. The van der Waals surface area contributed by atoms with Crippen molar-refractivity contribution in [1.82, 2.24) is 5.32 Å². The van der Waals surface area contributed by atoms with Crippen LogP contribution >= 0.6 is 0 Å². The van der Waals surface area contributed by atoms with Gasteiger partial charge in [0.15, 0.2) is 0 Å². The third kappa shape index (κ3) is 4.56. The van der Waals surface area contributed by atoms with Crippen LogP contribution in [0.5, 0.6) is 5.75 Å².